The molecule has 0 fully saturated rings. The molecule has 148 valence electrons. The number of hydrogen-bond acceptors (Lipinski definition) is 8. The summed E-state index contributed by atoms with van der Waals surface area (Å²) in [5.41, 5.74) is 1.72. The van der Waals surface area contributed by atoms with Crippen molar-refractivity contribution in [2.24, 2.45) is 0 Å². The van der Waals surface area contributed by atoms with Gasteiger partial charge in [0.25, 0.3) is 0 Å². The van der Waals surface area contributed by atoms with Crippen LogP contribution in [0.1, 0.15) is 10.6 Å². The summed E-state index contributed by atoms with van der Waals surface area (Å²) >= 11 is 3.00. The van der Waals surface area contributed by atoms with Gasteiger partial charge in [-0.25, -0.2) is 24.1 Å². The van der Waals surface area contributed by atoms with Crippen molar-refractivity contribution in [1.82, 2.24) is 19.9 Å². The monoisotopic (exact) mass is 429 g/mol. The molecule has 0 saturated carbocycles. The lowest BCUT2D eigenvalue weighted by Crippen LogP contribution is -2.19. The molecule has 4 aromatic rings. The summed E-state index contributed by atoms with van der Waals surface area (Å²) in [5.74, 6) is 0.819. The van der Waals surface area contributed by atoms with Crippen LogP contribution in [-0.4, -0.2) is 32.5 Å². The van der Waals surface area contributed by atoms with Crippen LogP contribution in [0.25, 0.3) is 10.2 Å². The maximum absolute atomic E-state index is 12.5. The molecule has 11 heteroatoms. The van der Waals surface area contributed by atoms with Crippen LogP contribution in [0, 0.1) is 0 Å². The Kier molecular flexibility index (Phi) is 5.86. The van der Waals surface area contributed by atoms with Crippen molar-refractivity contribution in [2.45, 2.75) is 13.1 Å². The molecule has 29 heavy (non-hydrogen) atoms. The lowest BCUT2D eigenvalue weighted by molar-refractivity contribution is 0.262. The number of urea groups is 1. The molecule has 4 aromatic heterocycles. The molecule has 0 radical (unpaired) electrons. The molecular weight excluding hydrogens is 413 g/mol. The standard InChI is InChI=1S/C18H16FN7OS2/c19-7-11-1-2-12(8-21-11)25-17(27)26-18-22-9-13(29-18)3-5-20-16-15-14(4-6-28-15)23-10-24-16/h1-2,4,6,8-10H,3,5,7H2,(H,20,23,24)(H2,22,25,26,27). The van der Waals surface area contributed by atoms with Crippen molar-refractivity contribution < 1.29 is 9.18 Å². The van der Waals surface area contributed by atoms with Crippen molar-refractivity contribution in [2.75, 3.05) is 22.5 Å². The molecule has 0 aromatic carbocycles. The van der Waals surface area contributed by atoms with Crippen LogP contribution in [0.5, 0.6) is 0 Å². The van der Waals surface area contributed by atoms with Gasteiger partial charge in [0.1, 0.15) is 18.8 Å². The van der Waals surface area contributed by atoms with Gasteiger partial charge in [0, 0.05) is 24.0 Å². The predicted molar refractivity (Wildman–Crippen MR) is 113 cm³/mol. The Morgan fingerprint density at radius 2 is 2.00 bits per heavy atom. The minimum atomic E-state index is -0.640. The average molecular weight is 430 g/mol. The first-order valence-corrected chi connectivity index (χ1v) is 10.4. The fourth-order valence-electron chi connectivity index (χ4n) is 2.54. The van der Waals surface area contributed by atoms with Gasteiger partial charge in [0.15, 0.2) is 5.13 Å². The number of thiophene rings is 1. The molecule has 0 bridgehead atoms. The number of aromatic nitrogens is 4. The highest BCUT2D eigenvalue weighted by molar-refractivity contribution is 7.17. The minimum absolute atomic E-state index is 0.316. The molecular formula is C18H16FN7OS2. The zero-order chi connectivity index (χ0) is 20.1. The highest BCUT2D eigenvalue weighted by Crippen LogP contribution is 2.25. The van der Waals surface area contributed by atoms with Crippen LogP contribution in [0.2, 0.25) is 0 Å². The van der Waals surface area contributed by atoms with Crippen LogP contribution in [0.3, 0.4) is 0 Å². The van der Waals surface area contributed by atoms with E-state index in [4.69, 9.17) is 0 Å². The number of hydrogen-bond donors (Lipinski definition) is 3. The van der Waals surface area contributed by atoms with E-state index in [-0.39, 0.29) is 0 Å². The molecule has 4 heterocycles. The Morgan fingerprint density at radius 1 is 1.07 bits per heavy atom. The summed E-state index contributed by atoms with van der Waals surface area (Å²) in [6.07, 6.45) is 5.43. The molecule has 0 aliphatic heterocycles. The second-order valence-corrected chi connectivity index (χ2v) is 7.95. The number of thiazole rings is 1. The van der Waals surface area contributed by atoms with E-state index in [0.29, 0.717) is 23.1 Å². The third-order valence-corrected chi connectivity index (χ3v) is 5.78. The number of alkyl halides is 1. The summed E-state index contributed by atoms with van der Waals surface area (Å²) in [7, 11) is 0. The number of pyridine rings is 1. The number of nitrogens with one attached hydrogen (secondary N) is 3. The summed E-state index contributed by atoms with van der Waals surface area (Å²) in [4.78, 5) is 29.7. The van der Waals surface area contributed by atoms with Gasteiger partial charge in [-0.3, -0.25) is 10.3 Å². The van der Waals surface area contributed by atoms with E-state index in [0.717, 1.165) is 27.3 Å². The van der Waals surface area contributed by atoms with E-state index in [1.165, 1.54) is 23.6 Å². The van der Waals surface area contributed by atoms with E-state index in [1.807, 2.05) is 11.4 Å². The van der Waals surface area contributed by atoms with Gasteiger partial charge in [-0.2, -0.15) is 0 Å². The van der Waals surface area contributed by atoms with Crippen LogP contribution in [-0.2, 0) is 13.1 Å². The average Bonchev–Trinajstić information content (AvgIpc) is 3.38. The van der Waals surface area contributed by atoms with Crippen molar-refractivity contribution in [1.29, 1.82) is 0 Å². The minimum Gasteiger partial charge on any atom is -0.368 e. The van der Waals surface area contributed by atoms with Crippen LogP contribution in [0.15, 0.2) is 42.3 Å². The fourth-order valence-corrected chi connectivity index (χ4v) is 4.15. The van der Waals surface area contributed by atoms with Crippen molar-refractivity contribution >= 4 is 55.6 Å². The molecule has 0 spiro atoms. The number of carbonyl (C=O) groups excluding carboxylic acids is 1. The number of anilines is 3. The Balaban J connectivity index is 1.27. The predicted octanol–water partition coefficient (Wildman–Crippen LogP) is 4.31. The van der Waals surface area contributed by atoms with Gasteiger partial charge in [0.2, 0.25) is 0 Å². The Labute approximate surface area is 173 Å². The Hall–Kier alpha value is -3.18. The Bertz CT molecular complexity index is 1110. The molecule has 0 atom stereocenters. The largest absolute Gasteiger partial charge is 0.368 e. The van der Waals surface area contributed by atoms with Crippen molar-refractivity contribution in [3.05, 3.63) is 52.9 Å². The van der Waals surface area contributed by atoms with Gasteiger partial charge < -0.3 is 10.6 Å². The van der Waals surface area contributed by atoms with E-state index < -0.39 is 12.7 Å². The first-order valence-electron chi connectivity index (χ1n) is 8.67. The quantitative estimate of drug-likeness (QED) is 0.404. The van der Waals surface area contributed by atoms with Gasteiger partial charge in [0.05, 0.1) is 27.8 Å². The third-order valence-electron chi connectivity index (χ3n) is 3.90. The highest BCUT2D eigenvalue weighted by atomic mass is 32.1. The van der Waals surface area contributed by atoms with Crippen molar-refractivity contribution in [3.8, 4) is 0 Å². The molecule has 2 amide bonds. The molecule has 3 N–H and O–H groups in total. The number of halogens is 1. The van der Waals surface area contributed by atoms with Gasteiger partial charge in [-0.15, -0.1) is 22.7 Å². The number of nitrogens with zero attached hydrogens (tertiary/aromatic N) is 4. The molecule has 0 aliphatic rings. The molecule has 8 nitrogen and oxygen atoms in total. The lowest BCUT2D eigenvalue weighted by atomic mass is 10.3. The zero-order valence-electron chi connectivity index (χ0n) is 15.1. The SMILES string of the molecule is O=C(Nc1ccc(CF)nc1)Nc1ncc(CCNc2ncnc3ccsc23)s1. The number of fused-ring (bicyclic) bond motifs is 1. The first kappa shape index (κ1) is 19.2. The third kappa shape index (κ3) is 4.81. The molecule has 0 aliphatic carbocycles. The van der Waals surface area contributed by atoms with Crippen LogP contribution in [0.4, 0.5) is 25.8 Å². The second kappa shape index (κ2) is 8.88. The summed E-state index contributed by atoms with van der Waals surface area (Å²) < 4.78 is 13.5. The van der Waals surface area contributed by atoms with Crippen molar-refractivity contribution in [3.63, 3.8) is 0 Å². The fraction of sp³-hybridized carbons (Fsp3) is 0.167. The van der Waals surface area contributed by atoms with E-state index in [9.17, 15) is 9.18 Å². The summed E-state index contributed by atoms with van der Waals surface area (Å²) in [6.45, 7) is 0.0447. The number of amides is 2. The molecule has 0 saturated heterocycles. The molecule has 4 rings (SSSR count). The maximum atomic E-state index is 12.5. The van der Waals surface area contributed by atoms with Crippen LogP contribution < -0.4 is 16.0 Å². The van der Waals surface area contributed by atoms with Gasteiger partial charge in [-0.05, 0) is 23.6 Å². The normalized spacial score (nSPS) is 10.8. The second-order valence-electron chi connectivity index (χ2n) is 5.92. The van der Waals surface area contributed by atoms with E-state index >= 15 is 0 Å². The Morgan fingerprint density at radius 3 is 2.83 bits per heavy atom. The summed E-state index contributed by atoms with van der Waals surface area (Å²) in [5, 5.41) is 11.1. The topological polar surface area (TPSA) is 105 Å². The highest BCUT2D eigenvalue weighted by Gasteiger charge is 2.09. The zero-order valence-corrected chi connectivity index (χ0v) is 16.7. The first-order chi connectivity index (χ1) is 14.2. The maximum Gasteiger partial charge on any atom is 0.325 e. The van der Waals surface area contributed by atoms with Gasteiger partial charge in [-0.1, -0.05) is 0 Å². The lowest BCUT2D eigenvalue weighted by Gasteiger charge is -2.05. The summed E-state index contributed by atoms with van der Waals surface area (Å²) in [6, 6.07) is 4.65. The van der Waals surface area contributed by atoms with E-state index in [2.05, 4.69) is 35.9 Å². The van der Waals surface area contributed by atoms with Gasteiger partial charge >= 0.3 is 6.03 Å². The molecule has 0 unspecified atom stereocenters. The smallest absolute Gasteiger partial charge is 0.325 e. The number of rotatable bonds is 7. The van der Waals surface area contributed by atoms with Crippen LogP contribution >= 0.6 is 22.7 Å². The number of carbonyl (C=O) groups is 1. The van der Waals surface area contributed by atoms with E-state index in [1.54, 1.807) is 29.9 Å².